The lowest BCUT2D eigenvalue weighted by molar-refractivity contribution is -0.277. The van der Waals surface area contributed by atoms with Crippen molar-refractivity contribution in [3.63, 3.8) is 0 Å². The van der Waals surface area contributed by atoms with E-state index >= 15 is 0 Å². The molecule has 290 valence electrons. The molecular weight excluding hydrogens is 770 g/mol. The van der Waals surface area contributed by atoms with Crippen LogP contribution in [0.4, 0.5) is 0 Å². The lowest BCUT2D eigenvalue weighted by Crippen LogP contribution is -2.56. The van der Waals surface area contributed by atoms with Gasteiger partial charge in [0.05, 0.1) is 63.1 Å². The van der Waals surface area contributed by atoms with Crippen molar-refractivity contribution in [2.75, 3.05) is 33.0 Å². The fraction of sp³-hybridized carbons (Fsp3) is 0.933. The van der Waals surface area contributed by atoms with Gasteiger partial charge in [0.15, 0.2) is 33.6 Å². The minimum atomic E-state index is -0.642. The Hall–Kier alpha value is 1.47. The zero-order valence-electron chi connectivity index (χ0n) is 29.1. The van der Waals surface area contributed by atoms with Crippen LogP contribution < -0.4 is 0 Å². The number of hydrogen-bond donors (Lipinski definition) is 0. The van der Waals surface area contributed by atoms with Gasteiger partial charge in [-0.25, -0.2) is 0 Å². The van der Waals surface area contributed by atoms with E-state index in [2.05, 4.69) is 53.9 Å². The van der Waals surface area contributed by atoms with E-state index in [0.717, 1.165) is 12.8 Å². The lowest BCUT2D eigenvalue weighted by Gasteiger charge is -2.44. The molecule has 0 saturated carbocycles. The third-order valence-electron chi connectivity index (χ3n) is 9.97. The maximum atomic E-state index is 12.3. The van der Waals surface area contributed by atoms with Crippen molar-refractivity contribution < 1.29 is 65.1 Å². The minimum absolute atomic E-state index is 0.0184. The Kier molecular flexibility index (Phi) is 19.7. The van der Waals surface area contributed by atoms with E-state index < -0.39 is 37.2 Å². The van der Waals surface area contributed by atoms with Crippen molar-refractivity contribution >= 4 is 55.8 Å². The molecule has 4 aliphatic rings. The second-order valence-electron chi connectivity index (χ2n) is 13.2. The Morgan fingerprint density at radius 1 is 0.580 bits per heavy atom. The Morgan fingerprint density at radius 2 is 1.00 bits per heavy atom. The Morgan fingerprint density at radius 3 is 1.46 bits per heavy atom. The second kappa shape index (κ2) is 22.3. The van der Waals surface area contributed by atoms with E-state index in [1.54, 1.807) is 0 Å². The lowest BCUT2D eigenvalue weighted by atomic mass is 9.92. The third kappa shape index (κ3) is 10.9. The molecule has 20 heteroatoms. The van der Waals surface area contributed by atoms with Crippen molar-refractivity contribution in [1.82, 2.24) is 0 Å². The first kappa shape index (κ1) is 44.2. The highest BCUT2D eigenvalue weighted by Crippen LogP contribution is 2.40. The molecule has 0 radical (unpaired) electrons. The van der Waals surface area contributed by atoms with Crippen LogP contribution in [0.1, 0.15) is 40.5 Å². The molecule has 0 spiro atoms. The molecule has 4 heterocycles. The second-order valence-corrected chi connectivity index (χ2v) is 15.5. The smallest absolute Gasteiger partial charge is 0.163 e. The maximum absolute atomic E-state index is 12.3. The summed E-state index contributed by atoms with van der Waals surface area (Å²) in [7, 11) is 11.4. The highest BCUT2D eigenvalue weighted by molar-refractivity contribution is 7.24. The molecule has 4 aliphatic heterocycles. The van der Waals surface area contributed by atoms with Gasteiger partial charge in [0.1, 0.15) is 24.4 Å². The number of ether oxygens (including phenoxy) is 8. The summed E-state index contributed by atoms with van der Waals surface area (Å²) in [6, 6.07) is 0. The zero-order chi connectivity index (χ0) is 36.4. The topological polar surface area (TPSA) is 137 Å². The number of allylic oxidation sites excluding steroid dienone is 1. The molecule has 0 aliphatic carbocycles. The van der Waals surface area contributed by atoms with E-state index in [1.165, 1.54) is 0 Å². The van der Waals surface area contributed by atoms with E-state index in [0.29, 0.717) is 6.61 Å². The minimum Gasteiger partial charge on any atom is -0.363 e. The van der Waals surface area contributed by atoms with Gasteiger partial charge in [0.25, 0.3) is 0 Å². The van der Waals surface area contributed by atoms with Gasteiger partial charge in [-0.3, -0.25) is 4.57 Å². The highest BCUT2D eigenvalue weighted by atomic mass is 31.1. The summed E-state index contributed by atoms with van der Waals surface area (Å²) in [4.78, 5) is 0. The standard InChI is InChI=1S/C30H56O14P6/c1-6-7-8-9-32-27-14(2)22(41-46)18(37-27)10-33-28-15(3)23(42-47)19(38-28)11-34-30-17(5)26(50-31)21(40-30)12-35-29-16(4)24(43-48)25(44-49)20(39-29)13-36-45/h6,14-30H,1,7-13,45-49H2,2-5H3/t14?,15?,16?,17?,18?,19?,20?,21?,22?,23?,24-,25+,26?,27?,28?,29+,30?/m1/s1. The van der Waals surface area contributed by atoms with Crippen molar-refractivity contribution in [3.05, 3.63) is 12.7 Å². The van der Waals surface area contributed by atoms with Gasteiger partial charge in [-0.2, -0.15) is 0 Å². The molecule has 14 nitrogen and oxygen atoms in total. The molecule has 4 fully saturated rings. The fourth-order valence-electron chi connectivity index (χ4n) is 7.00. The van der Waals surface area contributed by atoms with Crippen molar-refractivity contribution in [3.8, 4) is 0 Å². The molecule has 4 saturated heterocycles. The molecule has 0 aromatic heterocycles. The quantitative estimate of drug-likeness (QED) is 0.0904. The molecule has 0 N–H and O–H groups in total. The molecule has 0 aromatic carbocycles. The molecule has 22 atom stereocenters. The summed E-state index contributed by atoms with van der Waals surface area (Å²) in [6.07, 6.45) is -1.57. The normalized spacial score (nSPS) is 43.6. The van der Waals surface area contributed by atoms with E-state index in [1.807, 2.05) is 33.8 Å². The van der Waals surface area contributed by atoms with Gasteiger partial charge in [0.2, 0.25) is 0 Å². The summed E-state index contributed by atoms with van der Waals surface area (Å²) in [6.45, 7) is 13.1. The fourth-order valence-corrected chi connectivity index (χ4v) is 9.39. The van der Waals surface area contributed by atoms with Crippen LogP contribution in [0.5, 0.6) is 0 Å². The average Bonchev–Trinajstić information content (AvgIpc) is 3.71. The van der Waals surface area contributed by atoms with Gasteiger partial charge in [-0.1, -0.05) is 33.8 Å². The molecular formula is C30H56O14P6. The van der Waals surface area contributed by atoms with Crippen LogP contribution in [0.3, 0.4) is 0 Å². The third-order valence-corrected chi connectivity index (χ3v) is 12.5. The monoisotopic (exact) mass is 826 g/mol. The predicted octanol–water partition coefficient (Wildman–Crippen LogP) is 4.63. The van der Waals surface area contributed by atoms with Crippen molar-refractivity contribution in [2.24, 2.45) is 23.7 Å². The largest absolute Gasteiger partial charge is 0.363 e. The first-order valence-corrected chi connectivity index (χ1v) is 20.2. The molecule has 0 aromatic rings. The Labute approximate surface area is 309 Å². The van der Waals surface area contributed by atoms with Crippen LogP contribution in [0.25, 0.3) is 0 Å². The van der Waals surface area contributed by atoms with E-state index in [-0.39, 0.29) is 101 Å². The van der Waals surface area contributed by atoms with Crippen LogP contribution in [-0.2, 0) is 65.1 Å². The van der Waals surface area contributed by atoms with Crippen LogP contribution in [-0.4, -0.2) is 113 Å². The summed E-state index contributed by atoms with van der Waals surface area (Å²) in [5.41, 5.74) is -0.356. The van der Waals surface area contributed by atoms with Crippen LogP contribution in [0.2, 0.25) is 0 Å². The van der Waals surface area contributed by atoms with Crippen molar-refractivity contribution in [1.29, 1.82) is 0 Å². The maximum Gasteiger partial charge on any atom is 0.163 e. The van der Waals surface area contributed by atoms with E-state index in [4.69, 9.17) is 60.5 Å². The highest BCUT2D eigenvalue weighted by Gasteiger charge is 2.50. The van der Waals surface area contributed by atoms with Gasteiger partial charge < -0.3 is 60.5 Å². The van der Waals surface area contributed by atoms with Crippen LogP contribution >= 0.6 is 55.8 Å². The first-order chi connectivity index (χ1) is 24.2. The van der Waals surface area contributed by atoms with Crippen LogP contribution in [0, 0.1) is 23.7 Å². The SMILES string of the molecule is C=CCCCOC1OC(COC2OC(COC3OC(CO[C@H]4OC(COP)[C@H](OP)[C@H](OP)C4C)C(P=O)C3C)C(OP)C2C)C(OP)C1C. The average molecular weight is 827 g/mol. The molecule has 19 unspecified atom stereocenters. The Bertz CT molecular complexity index is 1030. The Balaban J connectivity index is 1.28. The van der Waals surface area contributed by atoms with Gasteiger partial charge in [-0.05, 0) is 12.8 Å². The van der Waals surface area contributed by atoms with E-state index in [9.17, 15) is 4.57 Å². The molecule has 4 rings (SSSR count). The first-order valence-electron chi connectivity index (χ1n) is 16.9. The van der Waals surface area contributed by atoms with Gasteiger partial charge in [-0.15, -0.1) is 6.58 Å². The zero-order valence-corrected chi connectivity index (χ0v) is 35.8. The number of unbranched alkanes of at least 4 members (excludes halogenated alkanes) is 1. The summed E-state index contributed by atoms with van der Waals surface area (Å²) in [5, 5.41) is 0. The molecule has 50 heavy (non-hydrogen) atoms. The molecule has 0 bridgehead atoms. The summed E-state index contributed by atoms with van der Waals surface area (Å²) >= 11 is 0. The van der Waals surface area contributed by atoms with Gasteiger partial charge in [0, 0.05) is 71.0 Å². The number of hydrogen-bond acceptors (Lipinski definition) is 14. The molecule has 0 amide bonds. The number of rotatable bonds is 21. The predicted molar refractivity (Wildman–Crippen MR) is 200 cm³/mol. The van der Waals surface area contributed by atoms with Crippen molar-refractivity contribution in [2.45, 2.75) is 120 Å². The summed E-state index contributed by atoms with van der Waals surface area (Å²) < 4.78 is 89.9. The van der Waals surface area contributed by atoms with Gasteiger partial charge >= 0.3 is 0 Å². The van der Waals surface area contributed by atoms with Crippen LogP contribution in [0.15, 0.2) is 12.7 Å². The summed E-state index contributed by atoms with van der Waals surface area (Å²) in [5.74, 6) is -0.466.